The lowest BCUT2D eigenvalue weighted by Crippen LogP contribution is -2.09. The van der Waals surface area contributed by atoms with E-state index in [0.29, 0.717) is 0 Å². The number of nitrogens with zero attached hydrogens (tertiary/aromatic N) is 2. The minimum Gasteiger partial charge on any atom is -0.324 e. The molecule has 1 aromatic carbocycles. The molecule has 3 nitrogen and oxygen atoms in total. The molecule has 0 radical (unpaired) electrons. The zero-order valence-corrected chi connectivity index (χ0v) is 10.6. The van der Waals surface area contributed by atoms with E-state index in [1.807, 2.05) is 17.8 Å². The van der Waals surface area contributed by atoms with E-state index in [4.69, 9.17) is 5.73 Å². The van der Waals surface area contributed by atoms with Gasteiger partial charge in [0.25, 0.3) is 0 Å². The van der Waals surface area contributed by atoms with Gasteiger partial charge in [-0.15, -0.1) is 0 Å². The Morgan fingerprint density at radius 1 is 1.29 bits per heavy atom. The molecule has 3 heteroatoms. The van der Waals surface area contributed by atoms with Gasteiger partial charge in [-0.25, -0.2) is 0 Å². The molecule has 1 heterocycles. The molecule has 17 heavy (non-hydrogen) atoms. The van der Waals surface area contributed by atoms with Gasteiger partial charge in [0.15, 0.2) is 0 Å². The molecule has 0 aliphatic heterocycles. The van der Waals surface area contributed by atoms with Crippen LogP contribution in [0.15, 0.2) is 30.5 Å². The summed E-state index contributed by atoms with van der Waals surface area (Å²) in [6.45, 7) is 7.00. The first-order valence-corrected chi connectivity index (χ1v) is 5.92. The maximum atomic E-state index is 5.90. The quantitative estimate of drug-likeness (QED) is 0.879. The van der Waals surface area contributed by atoms with Crippen LogP contribution in [0.4, 0.5) is 0 Å². The first-order chi connectivity index (χ1) is 8.09. The van der Waals surface area contributed by atoms with Crippen molar-refractivity contribution in [1.82, 2.24) is 9.78 Å². The van der Waals surface area contributed by atoms with Crippen molar-refractivity contribution >= 4 is 0 Å². The van der Waals surface area contributed by atoms with Gasteiger partial charge in [-0.3, -0.25) is 4.68 Å². The van der Waals surface area contributed by atoms with Crippen LogP contribution in [-0.2, 0) is 6.54 Å². The molecular formula is C14H19N3. The highest BCUT2D eigenvalue weighted by Crippen LogP contribution is 2.16. The molecule has 0 bridgehead atoms. The number of benzene rings is 1. The van der Waals surface area contributed by atoms with Crippen LogP contribution < -0.4 is 5.73 Å². The van der Waals surface area contributed by atoms with E-state index < -0.39 is 0 Å². The van der Waals surface area contributed by atoms with E-state index in [0.717, 1.165) is 17.8 Å². The Morgan fingerprint density at radius 2 is 2.00 bits per heavy atom. The van der Waals surface area contributed by atoms with Crippen LogP contribution in [0.1, 0.15) is 35.3 Å². The van der Waals surface area contributed by atoms with E-state index in [1.165, 1.54) is 11.1 Å². The molecule has 1 aromatic heterocycles. The van der Waals surface area contributed by atoms with Gasteiger partial charge >= 0.3 is 0 Å². The second-order valence-corrected chi connectivity index (χ2v) is 4.56. The molecule has 0 aliphatic carbocycles. The van der Waals surface area contributed by atoms with Gasteiger partial charge in [0, 0.05) is 17.3 Å². The Hall–Kier alpha value is -1.61. The third kappa shape index (κ3) is 2.39. The van der Waals surface area contributed by atoms with Crippen molar-refractivity contribution in [3.63, 3.8) is 0 Å². The molecule has 0 aliphatic rings. The molecule has 2 N–H and O–H groups in total. The highest BCUT2D eigenvalue weighted by Gasteiger charge is 2.10. The number of rotatable bonds is 3. The van der Waals surface area contributed by atoms with Crippen LogP contribution in [0.25, 0.3) is 0 Å². The molecular weight excluding hydrogens is 210 g/mol. The summed E-state index contributed by atoms with van der Waals surface area (Å²) in [5.41, 5.74) is 10.8. The molecule has 90 valence electrons. The maximum Gasteiger partial charge on any atom is 0.0665 e. The average molecular weight is 229 g/mol. The molecule has 1 unspecified atom stereocenters. The summed E-state index contributed by atoms with van der Waals surface area (Å²) in [5, 5.41) is 4.41. The summed E-state index contributed by atoms with van der Waals surface area (Å²) in [7, 11) is 0. The topological polar surface area (TPSA) is 43.8 Å². The lowest BCUT2D eigenvalue weighted by molar-refractivity contribution is 0.658. The summed E-state index contributed by atoms with van der Waals surface area (Å²) < 4.78 is 2.01. The highest BCUT2D eigenvalue weighted by atomic mass is 15.3. The number of hydrogen-bond acceptors (Lipinski definition) is 2. The molecule has 2 rings (SSSR count). The second-order valence-electron chi connectivity index (χ2n) is 4.56. The molecule has 0 saturated carbocycles. The monoisotopic (exact) mass is 229 g/mol. The zero-order valence-electron chi connectivity index (χ0n) is 10.6. The van der Waals surface area contributed by atoms with E-state index in [9.17, 15) is 0 Å². The van der Waals surface area contributed by atoms with Crippen LogP contribution in [0.3, 0.4) is 0 Å². The Labute approximate surface area is 102 Å². The first kappa shape index (κ1) is 11.9. The van der Waals surface area contributed by atoms with Crippen molar-refractivity contribution in [2.24, 2.45) is 5.73 Å². The maximum absolute atomic E-state index is 5.90. The van der Waals surface area contributed by atoms with Crippen LogP contribution >= 0.6 is 0 Å². The predicted octanol–water partition coefficient (Wildman–Crippen LogP) is 2.57. The fraction of sp³-hybridized carbons (Fsp3) is 0.357. The average Bonchev–Trinajstić information content (AvgIpc) is 2.64. The van der Waals surface area contributed by atoms with Gasteiger partial charge in [0.2, 0.25) is 0 Å². The van der Waals surface area contributed by atoms with E-state index in [1.54, 1.807) is 0 Å². The molecule has 1 atom stereocenters. The van der Waals surface area contributed by atoms with E-state index >= 15 is 0 Å². The molecule has 0 amide bonds. The standard InChI is InChI=1S/C14H19N3/c1-10-6-4-5-7-13(10)9-17-12(3)14(8-16-17)11(2)15/h4-8,11H,9,15H2,1-3H3. The summed E-state index contributed by atoms with van der Waals surface area (Å²) >= 11 is 0. The van der Waals surface area contributed by atoms with Crippen LogP contribution in [0.5, 0.6) is 0 Å². The Morgan fingerprint density at radius 3 is 2.59 bits per heavy atom. The molecule has 0 fully saturated rings. The predicted molar refractivity (Wildman–Crippen MR) is 69.8 cm³/mol. The number of aryl methyl sites for hydroxylation is 1. The number of hydrogen-bond donors (Lipinski definition) is 1. The van der Waals surface area contributed by atoms with Gasteiger partial charge < -0.3 is 5.73 Å². The normalized spacial score (nSPS) is 12.7. The smallest absolute Gasteiger partial charge is 0.0665 e. The first-order valence-electron chi connectivity index (χ1n) is 5.92. The number of nitrogens with two attached hydrogens (primary N) is 1. The fourth-order valence-electron chi connectivity index (χ4n) is 2.02. The number of aromatic nitrogens is 2. The van der Waals surface area contributed by atoms with Gasteiger partial charge in [-0.05, 0) is 31.9 Å². The minimum atomic E-state index is 0.0422. The van der Waals surface area contributed by atoms with Crippen molar-refractivity contribution < 1.29 is 0 Å². The van der Waals surface area contributed by atoms with Gasteiger partial charge in [0.1, 0.15) is 0 Å². The summed E-state index contributed by atoms with van der Waals surface area (Å²) in [5.74, 6) is 0. The summed E-state index contributed by atoms with van der Waals surface area (Å²) in [6.07, 6.45) is 1.87. The molecule has 0 spiro atoms. The van der Waals surface area contributed by atoms with Crippen LogP contribution in [-0.4, -0.2) is 9.78 Å². The van der Waals surface area contributed by atoms with Crippen molar-refractivity contribution in [2.45, 2.75) is 33.4 Å². The third-order valence-electron chi connectivity index (χ3n) is 3.21. The lowest BCUT2D eigenvalue weighted by atomic mass is 10.1. The van der Waals surface area contributed by atoms with E-state index in [2.05, 4.69) is 43.2 Å². The summed E-state index contributed by atoms with van der Waals surface area (Å²) in [6, 6.07) is 8.43. The zero-order chi connectivity index (χ0) is 12.4. The minimum absolute atomic E-state index is 0.0422. The van der Waals surface area contributed by atoms with Crippen molar-refractivity contribution in [3.8, 4) is 0 Å². The van der Waals surface area contributed by atoms with Crippen molar-refractivity contribution in [1.29, 1.82) is 0 Å². The fourth-order valence-corrected chi connectivity index (χ4v) is 2.02. The largest absolute Gasteiger partial charge is 0.324 e. The molecule has 0 saturated heterocycles. The SMILES string of the molecule is Cc1ccccc1Cn1ncc(C(C)N)c1C. The van der Waals surface area contributed by atoms with Gasteiger partial charge in [-0.2, -0.15) is 5.10 Å². The van der Waals surface area contributed by atoms with Crippen molar-refractivity contribution in [2.75, 3.05) is 0 Å². The van der Waals surface area contributed by atoms with Crippen LogP contribution in [0, 0.1) is 13.8 Å². The Kier molecular flexibility index (Phi) is 3.29. The third-order valence-corrected chi connectivity index (χ3v) is 3.21. The van der Waals surface area contributed by atoms with Gasteiger partial charge in [-0.1, -0.05) is 24.3 Å². The Bertz CT molecular complexity index is 512. The second kappa shape index (κ2) is 4.72. The lowest BCUT2D eigenvalue weighted by Gasteiger charge is -2.09. The highest BCUT2D eigenvalue weighted by molar-refractivity contribution is 5.27. The van der Waals surface area contributed by atoms with Crippen LogP contribution in [0.2, 0.25) is 0 Å². The van der Waals surface area contributed by atoms with E-state index in [-0.39, 0.29) is 6.04 Å². The molecule has 2 aromatic rings. The summed E-state index contributed by atoms with van der Waals surface area (Å²) in [4.78, 5) is 0. The van der Waals surface area contributed by atoms with Gasteiger partial charge in [0.05, 0.1) is 12.7 Å². The Balaban J connectivity index is 2.28. The van der Waals surface area contributed by atoms with Crippen molar-refractivity contribution in [3.05, 3.63) is 52.8 Å².